The minimum Gasteiger partial charge on any atom is -0.454 e. The van der Waals surface area contributed by atoms with E-state index in [0.717, 1.165) is 36.3 Å². The Balaban J connectivity index is 1.65. The van der Waals surface area contributed by atoms with Crippen molar-refractivity contribution in [3.8, 4) is 11.5 Å². The average molecular weight is 319 g/mol. The minimum atomic E-state index is -0.295. The molecule has 1 unspecified atom stereocenters. The monoisotopic (exact) mass is 319 g/mol. The van der Waals surface area contributed by atoms with Crippen molar-refractivity contribution >= 4 is 5.91 Å². The molecule has 5 nitrogen and oxygen atoms in total. The predicted molar refractivity (Wildman–Crippen MR) is 86.7 cm³/mol. The lowest BCUT2D eigenvalue weighted by Crippen LogP contribution is -2.47. The number of fused-ring (bicyclic) bond motifs is 1. The molecule has 0 radical (unpaired) electrons. The van der Waals surface area contributed by atoms with E-state index in [9.17, 15) is 4.79 Å². The van der Waals surface area contributed by atoms with Gasteiger partial charge in [0.1, 0.15) is 0 Å². The molecule has 2 aliphatic rings. The van der Waals surface area contributed by atoms with E-state index in [2.05, 4.69) is 13.8 Å². The van der Waals surface area contributed by atoms with E-state index in [1.807, 2.05) is 30.1 Å². The fraction of sp³-hybridized carbons (Fsp3) is 0.611. The molecule has 0 N–H and O–H groups in total. The topological polar surface area (TPSA) is 48.0 Å². The predicted octanol–water partition coefficient (Wildman–Crippen LogP) is 2.62. The van der Waals surface area contributed by atoms with Crippen LogP contribution >= 0.6 is 0 Å². The molecule has 1 saturated heterocycles. The minimum absolute atomic E-state index is 0.127. The maximum atomic E-state index is 12.9. The number of likely N-dealkylation sites (N-methyl/N-ethyl adjacent to an activating group) is 1. The summed E-state index contributed by atoms with van der Waals surface area (Å²) < 4.78 is 16.2. The van der Waals surface area contributed by atoms with Crippen molar-refractivity contribution in [3.05, 3.63) is 23.8 Å². The first-order chi connectivity index (χ1) is 11.0. The molecule has 1 fully saturated rings. The van der Waals surface area contributed by atoms with Gasteiger partial charge in [0.05, 0.1) is 5.41 Å². The molecule has 126 valence electrons. The van der Waals surface area contributed by atoms with Gasteiger partial charge in [0.15, 0.2) is 11.5 Å². The third kappa shape index (κ3) is 3.29. The van der Waals surface area contributed by atoms with Crippen LogP contribution in [-0.4, -0.2) is 43.9 Å². The van der Waals surface area contributed by atoms with E-state index in [1.54, 1.807) is 0 Å². The molecular formula is C18H25NO4. The van der Waals surface area contributed by atoms with E-state index in [-0.39, 0.29) is 24.2 Å². The quantitative estimate of drug-likeness (QED) is 0.856. The molecule has 0 aliphatic carbocycles. The summed E-state index contributed by atoms with van der Waals surface area (Å²) in [5.74, 6) is 1.80. The van der Waals surface area contributed by atoms with Gasteiger partial charge in [-0.3, -0.25) is 4.79 Å². The second-order valence-corrected chi connectivity index (χ2v) is 6.83. The molecule has 0 bridgehead atoms. The maximum absolute atomic E-state index is 12.9. The highest BCUT2D eigenvalue weighted by Gasteiger charge is 2.38. The molecule has 2 heterocycles. The van der Waals surface area contributed by atoms with Gasteiger partial charge in [0.25, 0.3) is 0 Å². The summed E-state index contributed by atoms with van der Waals surface area (Å²) in [7, 11) is 1.90. The van der Waals surface area contributed by atoms with E-state index >= 15 is 0 Å². The standard InChI is InChI=1S/C18H25NO4/c1-13(10-14-4-5-15-16(11-14)23-12-22-15)19(3)17(20)18(2)6-8-21-9-7-18/h4-5,11,13H,6-10,12H2,1-3H3. The average Bonchev–Trinajstić information content (AvgIpc) is 3.01. The van der Waals surface area contributed by atoms with Crippen LogP contribution in [0.4, 0.5) is 0 Å². The van der Waals surface area contributed by atoms with Gasteiger partial charge in [-0.05, 0) is 43.9 Å². The Morgan fingerprint density at radius 3 is 2.70 bits per heavy atom. The van der Waals surface area contributed by atoms with Crippen molar-refractivity contribution in [3.63, 3.8) is 0 Å². The Labute approximate surface area is 137 Å². The van der Waals surface area contributed by atoms with Gasteiger partial charge >= 0.3 is 0 Å². The molecule has 2 aliphatic heterocycles. The largest absolute Gasteiger partial charge is 0.454 e. The van der Waals surface area contributed by atoms with Gasteiger partial charge in [0.2, 0.25) is 12.7 Å². The fourth-order valence-electron chi connectivity index (χ4n) is 3.21. The third-order valence-corrected chi connectivity index (χ3v) is 5.06. The highest BCUT2D eigenvalue weighted by molar-refractivity contribution is 5.82. The number of amides is 1. The van der Waals surface area contributed by atoms with Gasteiger partial charge in [-0.1, -0.05) is 13.0 Å². The van der Waals surface area contributed by atoms with E-state index in [4.69, 9.17) is 14.2 Å². The Kier molecular flexibility index (Phi) is 4.48. The molecule has 0 saturated carbocycles. The van der Waals surface area contributed by atoms with Crippen LogP contribution in [-0.2, 0) is 16.0 Å². The lowest BCUT2D eigenvalue weighted by Gasteiger charge is -2.38. The van der Waals surface area contributed by atoms with Crippen molar-refractivity contribution in [1.82, 2.24) is 4.90 Å². The first kappa shape index (κ1) is 16.1. The van der Waals surface area contributed by atoms with Crippen LogP contribution in [0, 0.1) is 5.41 Å². The fourth-order valence-corrected chi connectivity index (χ4v) is 3.21. The molecule has 23 heavy (non-hydrogen) atoms. The van der Waals surface area contributed by atoms with Gasteiger partial charge in [-0.25, -0.2) is 0 Å². The van der Waals surface area contributed by atoms with Crippen LogP contribution in [0.2, 0.25) is 0 Å². The lowest BCUT2D eigenvalue weighted by molar-refractivity contribution is -0.147. The Morgan fingerprint density at radius 2 is 1.96 bits per heavy atom. The first-order valence-corrected chi connectivity index (χ1v) is 8.23. The van der Waals surface area contributed by atoms with Crippen molar-refractivity contribution in [2.75, 3.05) is 27.1 Å². The number of benzene rings is 1. The summed E-state index contributed by atoms with van der Waals surface area (Å²) in [4.78, 5) is 14.7. The molecule has 1 aromatic rings. The zero-order valence-electron chi connectivity index (χ0n) is 14.1. The molecule has 1 atom stereocenters. The van der Waals surface area contributed by atoms with Gasteiger partial charge in [0, 0.05) is 26.3 Å². The van der Waals surface area contributed by atoms with Gasteiger partial charge in [-0.15, -0.1) is 0 Å². The van der Waals surface area contributed by atoms with Crippen molar-refractivity contribution in [2.24, 2.45) is 5.41 Å². The first-order valence-electron chi connectivity index (χ1n) is 8.23. The normalized spacial score (nSPS) is 20.1. The van der Waals surface area contributed by atoms with Crippen LogP contribution in [0.1, 0.15) is 32.3 Å². The number of carbonyl (C=O) groups is 1. The number of rotatable bonds is 4. The molecule has 0 spiro atoms. The number of ether oxygens (including phenoxy) is 3. The SMILES string of the molecule is CC(Cc1ccc2c(c1)OCO2)N(C)C(=O)C1(C)CCOCC1. The number of nitrogens with zero attached hydrogens (tertiary/aromatic N) is 1. The number of hydrogen-bond acceptors (Lipinski definition) is 4. The molecule has 0 aromatic heterocycles. The highest BCUT2D eigenvalue weighted by atomic mass is 16.7. The van der Waals surface area contributed by atoms with Crippen LogP contribution in [0.5, 0.6) is 11.5 Å². The lowest BCUT2D eigenvalue weighted by atomic mass is 9.80. The zero-order chi connectivity index (χ0) is 16.4. The van der Waals surface area contributed by atoms with Crippen molar-refractivity contribution < 1.29 is 19.0 Å². The van der Waals surface area contributed by atoms with Crippen LogP contribution in [0.3, 0.4) is 0 Å². The molecule has 3 rings (SSSR count). The van der Waals surface area contributed by atoms with E-state index in [0.29, 0.717) is 13.2 Å². The number of hydrogen-bond donors (Lipinski definition) is 0. The summed E-state index contributed by atoms with van der Waals surface area (Å²) in [5.41, 5.74) is 0.856. The molecule has 1 aromatic carbocycles. The third-order valence-electron chi connectivity index (χ3n) is 5.06. The van der Waals surface area contributed by atoms with Gasteiger partial charge in [-0.2, -0.15) is 0 Å². The smallest absolute Gasteiger partial charge is 0.231 e. The molecular weight excluding hydrogens is 294 g/mol. The molecule has 1 amide bonds. The Hall–Kier alpha value is -1.75. The number of carbonyl (C=O) groups excluding carboxylic acids is 1. The second kappa shape index (κ2) is 6.40. The van der Waals surface area contributed by atoms with Crippen LogP contribution in [0.25, 0.3) is 0 Å². The summed E-state index contributed by atoms with van der Waals surface area (Å²) in [5, 5.41) is 0. The summed E-state index contributed by atoms with van der Waals surface area (Å²) >= 11 is 0. The Morgan fingerprint density at radius 1 is 1.26 bits per heavy atom. The summed E-state index contributed by atoms with van der Waals surface area (Å²) in [6.45, 7) is 5.78. The van der Waals surface area contributed by atoms with Gasteiger partial charge < -0.3 is 19.1 Å². The van der Waals surface area contributed by atoms with E-state index < -0.39 is 0 Å². The maximum Gasteiger partial charge on any atom is 0.231 e. The van der Waals surface area contributed by atoms with Crippen molar-refractivity contribution in [1.29, 1.82) is 0 Å². The molecule has 5 heteroatoms. The second-order valence-electron chi connectivity index (χ2n) is 6.83. The van der Waals surface area contributed by atoms with Crippen LogP contribution in [0.15, 0.2) is 18.2 Å². The zero-order valence-corrected chi connectivity index (χ0v) is 14.1. The summed E-state index contributed by atoms with van der Waals surface area (Å²) in [6.07, 6.45) is 2.39. The summed E-state index contributed by atoms with van der Waals surface area (Å²) in [6, 6.07) is 6.11. The van der Waals surface area contributed by atoms with Crippen molar-refractivity contribution in [2.45, 2.75) is 39.2 Å². The Bertz CT molecular complexity index is 580. The van der Waals surface area contributed by atoms with Crippen LogP contribution < -0.4 is 9.47 Å². The highest BCUT2D eigenvalue weighted by Crippen LogP contribution is 2.34. The van der Waals surface area contributed by atoms with E-state index in [1.165, 1.54) is 0 Å².